The molecule has 0 aromatic carbocycles. The SMILES string of the molecule is CCN(C(=O)C#CBr)C1CCCC1. The van der Waals surface area contributed by atoms with E-state index in [9.17, 15) is 4.79 Å². The minimum atomic E-state index is -0.0497. The van der Waals surface area contributed by atoms with Crippen LogP contribution in [0.3, 0.4) is 0 Å². The van der Waals surface area contributed by atoms with Crippen LogP contribution < -0.4 is 0 Å². The van der Waals surface area contributed by atoms with Crippen molar-refractivity contribution in [2.45, 2.75) is 38.6 Å². The summed E-state index contributed by atoms with van der Waals surface area (Å²) < 4.78 is 0. The largest absolute Gasteiger partial charge is 0.329 e. The Labute approximate surface area is 87.8 Å². The first-order valence-corrected chi connectivity index (χ1v) is 5.51. The van der Waals surface area contributed by atoms with Crippen LogP contribution in [0.1, 0.15) is 32.6 Å². The van der Waals surface area contributed by atoms with Gasteiger partial charge in [-0.3, -0.25) is 4.79 Å². The second-order valence-corrected chi connectivity index (χ2v) is 3.65. The van der Waals surface area contributed by atoms with Gasteiger partial charge in [0.25, 0.3) is 5.91 Å². The molecule has 1 rings (SSSR count). The highest BCUT2D eigenvalue weighted by Crippen LogP contribution is 2.23. The molecule has 0 aromatic rings. The molecule has 0 saturated heterocycles. The van der Waals surface area contributed by atoms with Gasteiger partial charge < -0.3 is 4.90 Å². The third-order valence-corrected chi connectivity index (χ3v) is 2.72. The zero-order chi connectivity index (χ0) is 9.68. The van der Waals surface area contributed by atoms with Crippen LogP contribution in [0, 0.1) is 10.8 Å². The van der Waals surface area contributed by atoms with E-state index in [1.165, 1.54) is 12.8 Å². The van der Waals surface area contributed by atoms with Crippen molar-refractivity contribution in [1.82, 2.24) is 4.90 Å². The lowest BCUT2D eigenvalue weighted by Gasteiger charge is -2.25. The monoisotopic (exact) mass is 243 g/mol. The molecule has 0 heterocycles. The quantitative estimate of drug-likeness (QED) is 0.681. The number of rotatable bonds is 2. The van der Waals surface area contributed by atoms with Crippen molar-refractivity contribution in [2.75, 3.05) is 6.54 Å². The van der Waals surface area contributed by atoms with E-state index in [1.54, 1.807) is 0 Å². The molecule has 1 saturated carbocycles. The summed E-state index contributed by atoms with van der Waals surface area (Å²) in [5.74, 6) is 2.48. The van der Waals surface area contributed by atoms with Crippen LogP contribution in [-0.4, -0.2) is 23.4 Å². The summed E-state index contributed by atoms with van der Waals surface area (Å²) in [7, 11) is 0. The smallest absolute Gasteiger partial charge is 0.299 e. The highest BCUT2D eigenvalue weighted by molar-refractivity contribution is 9.12. The summed E-state index contributed by atoms with van der Waals surface area (Å²) in [6, 6.07) is 0.436. The van der Waals surface area contributed by atoms with Gasteiger partial charge in [0.1, 0.15) is 0 Å². The molecule has 0 unspecified atom stereocenters. The predicted octanol–water partition coefficient (Wildman–Crippen LogP) is 2.13. The van der Waals surface area contributed by atoms with Crippen LogP contribution in [0.15, 0.2) is 0 Å². The van der Waals surface area contributed by atoms with Crippen LogP contribution in [0.4, 0.5) is 0 Å². The topological polar surface area (TPSA) is 20.3 Å². The molecule has 72 valence electrons. The third kappa shape index (κ3) is 2.73. The van der Waals surface area contributed by atoms with Gasteiger partial charge in [-0.05, 0) is 24.6 Å². The first kappa shape index (κ1) is 10.6. The summed E-state index contributed by atoms with van der Waals surface area (Å²) in [6.45, 7) is 2.78. The van der Waals surface area contributed by atoms with Crippen molar-refractivity contribution in [3.05, 3.63) is 0 Å². The van der Waals surface area contributed by atoms with Crippen LogP contribution in [0.5, 0.6) is 0 Å². The fourth-order valence-corrected chi connectivity index (χ4v) is 2.07. The number of hydrogen-bond donors (Lipinski definition) is 0. The van der Waals surface area contributed by atoms with E-state index in [0.717, 1.165) is 19.4 Å². The predicted molar refractivity (Wildman–Crippen MR) is 56.3 cm³/mol. The van der Waals surface area contributed by atoms with Gasteiger partial charge >= 0.3 is 0 Å². The second-order valence-electron chi connectivity index (χ2n) is 3.25. The Morgan fingerprint density at radius 1 is 1.54 bits per heavy atom. The molecule has 0 aromatic heterocycles. The second kappa shape index (κ2) is 5.29. The molecule has 0 spiro atoms. The van der Waals surface area contributed by atoms with Crippen molar-refractivity contribution in [2.24, 2.45) is 0 Å². The molecule has 1 amide bonds. The highest BCUT2D eigenvalue weighted by Gasteiger charge is 2.23. The summed E-state index contributed by atoms with van der Waals surface area (Å²) in [4.78, 5) is 15.8. The molecular weight excluding hydrogens is 230 g/mol. The van der Waals surface area contributed by atoms with Crippen LogP contribution in [-0.2, 0) is 4.79 Å². The average Bonchev–Trinajstić information content (AvgIpc) is 2.59. The van der Waals surface area contributed by atoms with Crippen molar-refractivity contribution < 1.29 is 4.79 Å². The van der Waals surface area contributed by atoms with Gasteiger partial charge in [0.05, 0.1) is 0 Å². The van der Waals surface area contributed by atoms with Crippen LogP contribution in [0.25, 0.3) is 0 Å². The van der Waals surface area contributed by atoms with Crippen molar-refractivity contribution in [3.63, 3.8) is 0 Å². The lowest BCUT2D eigenvalue weighted by atomic mass is 10.2. The minimum Gasteiger partial charge on any atom is -0.329 e. The standard InChI is InChI=1S/C10H14BrNO/c1-2-12(10(13)7-8-11)9-5-3-4-6-9/h9H,2-6H2,1H3. The Bertz CT molecular complexity index is 235. The van der Waals surface area contributed by atoms with E-state index in [4.69, 9.17) is 0 Å². The molecule has 0 bridgehead atoms. The molecule has 0 radical (unpaired) electrons. The Morgan fingerprint density at radius 3 is 2.62 bits per heavy atom. The van der Waals surface area contributed by atoms with Gasteiger partial charge in [0, 0.05) is 34.4 Å². The Balaban J connectivity index is 2.58. The third-order valence-electron chi connectivity index (χ3n) is 2.52. The molecule has 1 aliphatic rings. The van der Waals surface area contributed by atoms with Gasteiger partial charge in [-0.1, -0.05) is 12.8 Å². The number of carbonyl (C=O) groups excluding carboxylic acids is 1. The molecule has 1 aliphatic carbocycles. The van der Waals surface area contributed by atoms with E-state index >= 15 is 0 Å². The first-order valence-electron chi connectivity index (χ1n) is 4.71. The Hall–Kier alpha value is -0.490. The maximum absolute atomic E-state index is 11.5. The molecule has 0 atom stereocenters. The minimum absolute atomic E-state index is 0.0497. The van der Waals surface area contributed by atoms with E-state index in [1.807, 2.05) is 11.8 Å². The first-order chi connectivity index (χ1) is 6.29. The zero-order valence-corrected chi connectivity index (χ0v) is 9.43. The van der Waals surface area contributed by atoms with Gasteiger partial charge in [-0.15, -0.1) is 0 Å². The van der Waals surface area contributed by atoms with Crippen LogP contribution in [0.2, 0.25) is 0 Å². The summed E-state index contributed by atoms with van der Waals surface area (Å²) in [5, 5.41) is 0. The van der Waals surface area contributed by atoms with E-state index in [2.05, 4.69) is 26.7 Å². The molecule has 3 heteroatoms. The molecule has 2 nitrogen and oxygen atoms in total. The zero-order valence-electron chi connectivity index (χ0n) is 7.85. The normalized spacial score (nSPS) is 16.5. The van der Waals surface area contributed by atoms with E-state index < -0.39 is 0 Å². The maximum Gasteiger partial charge on any atom is 0.299 e. The summed E-state index contributed by atoms with van der Waals surface area (Å²) in [6.07, 6.45) is 4.78. The van der Waals surface area contributed by atoms with Crippen molar-refractivity contribution in [1.29, 1.82) is 0 Å². The fraction of sp³-hybridized carbons (Fsp3) is 0.700. The Morgan fingerprint density at radius 2 is 2.15 bits per heavy atom. The number of carbonyl (C=O) groups is 1. The molecular formula is C10H14BrNO. The van der Waals surface area contributed by atoms with E-state index in [-0.39, 0.29) is 5.91 Å². The van der Waals surface area contributed by atoms with Gasteiger partial charge in [-0.2, -0.15) is 0 Å². The molecule has 13 heavy (non-hydrogen) atoms. The summed E-state index contributed by atoms with van der Waals surface area (Å²) >= 11 is 2.95. The summed E-state index contributed by atoms with van der Waals surface area (Å²) in [5.41, 5.74) is 0. The number of hydrogen-bond acceptors (Lipinski definition) is 1. The number of halogens is 1. The average molecular weight is 244 g/mol. The van der Waals surface area contributed by atoms with Gasteiger partial charge in [0.2, 0.25) is 0 Å². The fourth-order valence-electron chi connectivity index (χ4n) is 1.90. The lowest BCUT2D eigenvalue weighted by Crippen LogP contribution is -2.37. The molecule has 0 N–H and O–H groups in total. The van der Waals surface area contributed by atoms with Crippen molar-refractivity contribution >= 4 is 21.8 Å². The Kier molecular flexibility index (Phi) is 4.31. The van der Waals surface area contributed by atoms with Crippen LogP contribution >= 0.6 is 15.9 Å². The molecule has 1 fully saturated rings. The van der Waals surface area contributed by atoms with E-state index in [0.29, 0.717) is 6.04 Å². The molecule has 0 aliphatic heterocycles. The van der Waals surface area contributed by atoms with Gasteiger partial charge in [-0.25, -0.2) is 0 Å². The number of nitrogens with zero attached hydrogens (tertiary/aromatic N) is 1. The van der Waals surface area contributed by atoms with Gasteiger partial charge in [0.15, 0.2) is 0 Å². The maximum atomic E-state index is 11.5. The number of amides is 1. The highest BCUT2D eigenvalue weighted by atomic mass is 79.9. The van der Waals surface area contributed by atoms with Crippen molar-refractivity contribution in [3.8, 4) is 10.8 Å². The lowest BCUT2D eigenvalue weighted by molar-refractivity contribution is -0.127.